The summed E-state index contributed by atoms with van der Waals surface area (Å²) in [6, 6.07) is 0. The second-order valence-corrected chi connectivity index (χ2v) is 6.69. The van der Waals surface area contributed by atoms with Gasteiger partial charge >= 0.3 is 0 Å². The molecule has 1 aliphatic carbocycles. The van der Waals surface area contributed by atoms with Crippen molar-refractivity contribution < 1.29 is 0 Å². The van der Waals surface area contributed by atoms with Gasteiger partial charge in [-0.25, -0.2) is 4.98 Å². The first kappa shape index (κ1) is 14.5. The molecule has 0 unspecified atom stereocenters. The zero-order valence-electron chi connectivity index (χ0n) is 12.7. The largest absolute Gasteiger partial charge is 0.330 e. The lowest BCUT2D eigenvalue weighted by molar-refractivity contribution is 0.309. The molecular weight excluding hydrogens is 236 g/mol. The van der Waals surface area contributed by atoms with E-state index in [1.54, 1.807) is 0 Å². The minimum absolute atomic E-state index is 0.300. The molecule has 108 valence electrons. The molecule has 0 bridgehead atoms. The summed E-state index contributed by atoms with van der Waals surface area (Å²) < 4.78 is 1.98. The Morgan fingerprint density at radius 1 is 1.26 bits per heavy atom. The van der Waals surface area contributed by atoms with Crippen LogP contribution in [0.15, 0.2) is 0 Å². The molecule has 1 aromatic heterocycles. The van der Waals surface area contributed by atoms with Crippen molar-refractivity contribution >= 4 is 0 Å². The maximum absolute atomic E-state index is 5.67. The Labute approximate surface area is 116 Å². The molecule has 2 rings (SSSR count). The van der Waals surface area contributed by atoms with Crippen LogP contribution in [0.1, 0.15) is 69.9 Å². The predicted octanol–water partition coefficient (Wildman–Crippen LogP) is 2.78. The number of aromatic nitrogens is 3. The standard InChI is InChI=1S/C15H28N4/c1-15(2,10-11-16)9-8-13-17-14(18-19(13)3)12-6-4-5-7-12/h12H,4-11,16H2,1-3H3. The van der Waals surface area contributed by atoms with Crippen molar-refractivity contribution in [1.29, 1.82) is 0 Å². The first-order valence-corrected chi connectivity index (χ1v) is 7.62. The third-order valence-electron chi connectivity index (χ3n) is 4.44. The Morgan fingerprint density at radius 2 is 1.95 bits per heavy atom. The van der Waals surface area contributed by atoms with Gasteiger partial charge < -0.3 is 5.73 Å². The molecule has 1 fully saturated rings. The fourth-order valence-corrected chi connectivity index (χ4v) is 2.98. The van der Waals surface area contributed by atoms with E-state index in [0.29, 0.717) is 11.3 Å². The summed E-state index contributed by atoms with van der Waals surface area (Å²) in [6.45, 7) is 5.33. The average molecular weight is 264 g/mol. The summed E-state index contributed by atoms with van der Waals surface area (Å²) in [6.07, 6.45) is 8.40. The predicted molar refractivity (Wildman–Crippen MR) is 78.0 cm³/mol. The maximum atomic E-state index is 5.67. The Morgan fingerprint density at radius 3 is 2.58 bits per heavy atom. The van der Waals surface area contributed by atoms with E-state index in [9.17, 15) is 0 Å². The number of rotatable bonds is 6. The Balaban J connectivity index is 1.97. The number of hydrogen-bond acceptors (Lipinski definition) is 3. The van der Waals surface area contributed by atoms with Crippen LogP contribution in [0, 0.1) is 5.41 Å². The van der Waals surface area contributed by atoms with Crippen LogP contribution in [0.3, 0.4) is 0 Å². The van der Waals surface area contributed by atoms with E-state index in [0.717, 1.165) is 37.5 Å². The smallest absolute Gasteiger partial charge is 0.154 e. The summed E-state index contributed by atoms with van der Waals surface area (Å²) in [5.74, 6) is 2.82. The van der Waals surface area contributed by atoms with Gasteiger partial charge in [0.2, 0.25) is 0 Å². The van der Waals surface area contributed by atoms with Gasteiger partial charge in [0.05, 0.1) is 0 Å². The lowest BCUT2D eigenvalue weighted by Crippen LogP contribution is -2.18. The van der Waals surface area contributed by atoms with Gasteiger partial charge in [-0.05, 0) is 37.6 Å². The van der Waals surface area contributed by atoms with Crippen molar-refractivity contribution in [3.63, 3.8) is 0 Å². The van der Waals surface area contributed by atoms with Crippen LogP contribution in [-0.4, -0.2) is 21.3 Å². The zero-order chi connectivity index (χ0) is 13.9. The molecule has 0 spiro atoms. The zero-order valence-corrected chi connectivity index (χ0v) is 12.7. The molecule has 0 atom stereocenters. The topological polar surface area (TPSA) is 56.7 Å². The lowest BCUT2D eigenvalue weighted by atomic mass is 9.84. The molecule has 0 amide bonds. The average Bonchev–Trinajstić information content (AvgIpc) is 2.95. The van der Waals surface area contributed by atoms with E-state index >= 15 is 0 Å². The van der Waals surface area contributed by atoms with Crippen molar-refractivity contribution in [3.8, 4) is 0 Å². The highest BCUT2D eigenvalue weighted by Gasteiger charge is 2.23. The molecule has 2 N–H and O–H groups in total. The third kappa shape index (κ3) is 3.78. The molecule has 1 aliphatic rings. The van der Waals surface area contributed by atoms with E-state index in [4.69, 9.17) is 10.7 Å². The number of aryl methyl sites for hydroxylation is 2. The normalized spacial score (nSPS) is 17.3. The lowest BCUT2D eigenvalue weighted by Gasteiger charge is -2.23. The van der Waals surface area contributed by atoms with E-state index in [-0.39, 0.29) is 0 Å². The van der Waals surface area contributed by atoms with Crippen LogP contribution in [-0.2, 0) is 13.5 Å². The summed E-state index contributed by atoms with van der Waals surface area (Å²) >= 11 is 0. The van der Waals surface area contributed by atoms with E-state index in [1.165, 1.54) is 25.7 Å². The second kappa shape index (κ2) is 6.04. The van der Waals surface area contributed by atoms with Crippen LogP contribution in [0.25, 0.3) is 0 Å². The van der Waals surface area contributed by atoms with E-state index in [2.05, 4.69) is 18.9 Å². The molecule has 4 nitrogen and oxygen atoms in total. The fraction of sp³-hybridized carbons (Fsp3) is 0.867. The summed E-state index contributed by atoms with van der Waals surface area (Å²) in [5, 5.41) is 4.62. The quantitative estimate of drug-likeness (QED) is 0.859. The van der Waals surface area contributed by atoms with Crippen molar-refractivity contribution in [2.24, 2.45) is 18.2 Å². The van der Waals surface area contributed by atoms with Gasteiger partial charge in [0.25, 0.3) is 0 Å². The molecule has 1 heterocycles. The van der Waals surface area contributed by atoms with Gasteiger partial charge in [-0.2, -0.15) is 5.10 Å². The van der Waals surface area contributed by atoms with Crippen molar-refractivity contribution in [3.05, 3.63) is 11.6 Å². The highest BCUT2D eigenvalue weighted by atomic mass is 15.3. The maximum Gasteiger partial charge on any atom is 0.154 e. The minimum Gasteiger partial charge on any atom is -0.330 e. The first-order valence-electron chi connectivity index (χ1n) is 7.62. The Kier molecular flexibility index (Phi) is 4.61. The molecule has 0 aliphatic heterocycles. The minimum atomic E-state index is 0.300. The van der Waals surface area contributed by atoms with E-state index in [1.807, 2.05) is 11.7 Å². The summed E-state index contributed by atoms with van der Waals surface area (Å²) in [4.78, 5) is 4.78. The number of nitrogens with zero attached hydrogens (tertiary/aromatic N) is 3. The van der Waals surface area contributed by atoms with Crippen LogP contribution in [0.4, 0.5) is 0 Å². The molecule has 19 heavy (non-hydrogen) atoms. The third-order valence-corrected chi connectivity index (χ3v) is 4.44. The molecular formula is C15H28N4. The number of hydrogen-bond donors (Lipinski definition) is 1. The molecule has 0 radical (unpaired) electrons. The van der Waals surface area contributed by atoms with Crippen molar-refractivity contribution in [2.75, 3.05) is 6.54 Å². The number of nitrogens with two attached hydrogens (primary N) is 1. The van der Waals surface area contributed by atoms with Gasteiger partial charge in [0, 0.05) is 19.4 Å². The fourth-order valence-electron chi connectivity index (χ4n) is 2.98. The van der Waals surface area contributed by atoms with E-state index < -0.39 is 0 Å². The highest BCUT2D eigenvalue weighted by Crippen LogP contribution is 2.32. The van der Waals surface area contributed by atoms with Crippen molar-refractivity contribution in [2.45, 2.75) is 64.7 Å². The molecule has 1 saturated carbocycles. The van der Waals surface area contributed by atoms with Crippen LogP contribution in [0.2, 0.25) is 0 Å². The summed E-state index contributed by atoms with van der Waals surface area (Å²) in [5.41, 5.74) is 5.97. The van der Waals surface area contributed by atoms with Gasteiger partial charge in [-0.3, -0.25) is 4.68 Å². The Hall–Kier alpha value is -0.900. The highest BCUT2D eigenvalue weighted by molar-refractivity contribution is 5.01. The van der Waals surface area contributed by atoms with Crippen molar-refractivity contribution in [1.82, 2.24) is 14.8 Å². The SMILES string of the molecule is Cn1nc(C2CCCC2)nc1CCC(C)(C)CCN. The van der Waals surface area contributed by atoms with Gasteiger partial charge in [0.1, 0.15) is 5.82 Å². The second-order valence-electron chi connectivity index (χ2n) is 6.69. The van der Waals surface area contributed by atoms with Crippen LogP contribution >= 0.6 is 0 Å². The monoisotopic (exact) mass is 264 g/mol. The molecule has 4 heteroatoms. The first-order chi connectivity index (χ1) is 9.02. The molecule has 0 aromatic carbocycles. The molecule has 1 aromatic rings. The Bertz CT molecular complexity index is 402. The molecule has 0 saturated heterocycles. The van der Waals surface area contributed by atoms with Crippen LogP contribution in [0.5, 0.6) is 0 Å². The van der Waals surface area contributed by atoms with Gasteiger partial charge in [0.15, 0.2) is 5.82 Å². The van der Waals surface area contributed by atoms with Gasteiger partial charge in [-0.15, -0.1) is 0 Å². The van der Waals surface area contributed by atoms with Crippen LogP contribution < -0.4 is 5.73 Å². The van der Waals surface area contributed by atoms with Gasteiger partial charge in [-0.1, -0.05) is 26.7 Å². The summed E-state index contributed by atoms with van der Waals surface area (Å²) in [7, 11) is 2.02.